The van der Waals surface area contributed by atoms with Gasteiger partial charge in [0.2, 0.25) is 0 Å². The molecule has 0 radical (unpaired) electrons. The number of anilines is 1. The molecule has 2 aromatic carbocycles. The van der Waals surface area contributed by atoms with Crippen LogP contribution in [-0.2, 0) is 4.74 Å². The zero-order chi connectivity index (χ0) is 17.8. The average Bonchev–Trinajstić information content (AvgIpc) is 2.61. The number of halogens is 1. The van der Waals surface area contributed by atoms with Gasteiger partial charge in [0, 0.05) is 29.4 Å². The molecule has 0 aromatic heterocycles. The van der Waals surface area contributed by atoms with E-state index >= 15 is 0 Å². The summed E-state index contributed by atoms with van der Waals surface area (Å²) in [5, 5.41) is 10.3. The summed E-state index contributed by atoms with van der Waals surface area (Å²) in [4.78, 5) is 13.9. The molecule has 1 heterocycles. The minimum absolute atomic E-state index is 0.303. The Kier molecular flexibility index (Phi) is 5.41. The average molecular weight is 358 g/mol. The standard InChI is InChI=1S/C20H20ClNO3/c1-14-2-8-18(20(23)24)17(19(14)22-10-12-25-13-11-22)9-5-15-3-6-16(21)7-4-15/h2-9H,10-13H2,1H3,(H,23,24). The van der Waals surface area contributed by atoms with Crippen molar-refractivity contribution in [1.29, 1.82) is 0 Å². The van der Waals surface area contributed by atoms with Gasteiger partial charge in [-0.25, -0.2) is 4.79 Å². The number of carboxylic acid groups (broad SMARTS) is 1. The van der Waals surface area contributed by atoms with Gasteiger partial charge in [0.25, 0.3) is 0 Å². The first kappa shape index (κ1) is 17.5. The highest BCUT2D eigenvalue weighted by Gasteiger charge is 2.20. The van der Waals surface area contributed by atoms with Crippen molar-refractivity contribution >= 4 is 35.4 Å². The first-order chi connectivity index (χ1) is 12.1. The van der Waals surface area contributed by atoms with E-state index in [1.165, 1.54) is 0 Å². The minimum Gasteiger partial charge on any atom is -0.478 e. The zero-order valence-electron chi connectivity index (χ0n) is 14.0. The maximum absolute atomic E-state index is 11.7. The van der Waals surface area contributed by atoms with Crippen LogP contribution in [0.2, 0.25) is 5.02 Å². The summed E-state index contributed by atoms with van der Waals surface area (Å²) in [7, 11) is 0. The molecule has 1 fully saturated rings. The van der Waals surface area contributed by atoms with E-state index in [1.807, 2.05) is 49.4 Å². The molecule has 1 aliphatic heterocycles. The van der Waals surface area contributed by atoms with Crippen LogP contribution < -0.4 is 4.90 Å². The molecule has 0 saturated carbocycles. The van der Waals surface area contributed by atoms with E-state index in [9.17, 15) is 9.90 Å². The summed E-state index contributed by atoms with van der Waals surface area (Å²) in [5.74, 6) is -0.926. The minimum atomic E-state index is -0.926. The van der Waals surface area contributed by atoms with Crippen molar-refractivity contribution in [3.8, 4) is 0 Å². The third kappa shape index (κ3) is 4.03. The highest BCUT2D eigenvalue weighted by molar-refractivity contribution is 6.30. The van der Waals surface area contributed by atoms with Gasteiger partial charge in [0.05, 0.1) is 18.8 Å². The van der Waals surface area contributed by atoms with E-state index in [4.69, 9.17) is 16.3 Å². The van der Waals surface area contributed by atoms with Gasteiger partial charge in [-0.05, 0) is 36.2 Å². The Balaban J connectivity index is 2.06. The van der Waals surface area contributed by atoms with E-state index in [0.29, 0.717) is 23.8 Å². The van der Waals surface area contributed by atoms with Crippen LogP contribution in [0.25, 0.3) is 12.2 Å². The van der Waals surface area contributed by atoms with Gasteiger partial charge in [-0.1, -0.05) is 42.0 Å². The summed E-state index contributed by atoms with van der Waals surface area (Å²) in [6.45, 7) is 4.82. The topological polar surface area (TPSA) is 49.8 Å². The van der Waals surface area contributed by atoms with Crippen molar-refractivity contribution < 1.29 is 14.6 Å². The quantitative estimate of drug-likeness (QED) is 0.826. The fourth-order valence-electron chi connectivity index (χ4n) is 3.03. The molecule has 1 saturated heterocycles. The van der Waals surface area contributed by atoms with Crippen molar-refractivity contribution in [1.82, 2.24) is 0 Å². The number of carbonyl (C=O) groups is 1. The fourth-order valence-corrected chi connectivity index (χ4v) is 3.16. The maximum atomic E-state index is 11.7. The molecule has 4 nitrogen and oxygen atoms in total. The normalized spacial score (nSPS) is 14.9. The number of hydrogen-bond acceptors (Lipinski definition) is 3. The predicted molar refractivity (Wildman–Crippen MR) is 102 cm³/mol. The molecule has 130 valence electrons. The first-order valence-electron chi connectivity index (χ1n) is 8.19. The molecule has 0 bridgehead atoms. The molecule has 25 heavy (non-hydrogen) atoms. The smallest absolute Gasteiger partial charge is 0.336 e. The molecule has 1 N–H and O–H groups in total. The van der Waals surface area contributed by atoms with Gasteiger partial charge in [0.1, 0.15) is 0 Å². The fraction of sp³-hybridized carbons (Fsp3) is 0.250. The lowest BCUT2D eigenvalue weighted by atomic mass is 9.98. The van der Waals surface area contributed by atoms with Crippen LogP contribution >= 0.6 is 11.6 Å². The van der Waals surface area contributed by atoms with Gasteiger partial charge in [-0.2, -0.15) is 0 Å². The molecule has 2 aromatic rings. The number of benzene rings is 2. The molecule has 0 aliphatic carbocycles. The van der Waals surface area contributed by atoms with E-state index in [-0.39, 0.29) is 0 Å². The Morgan fingerprint density at radius 2 is 1.80 bits per heavy atom. The molecule has 0 atom stereocenters. The number of aryl methyl sites for hydroxylation is 1. The maximum Gasteiger partial charge on any atom is 0.336 e. The molecule has 0 unspecified atom stereocenters. The van der Waals surface area contributed by atoms with Gasteiger partial charge >= 0.3 is 5.97 Å². The van der Waals surface area contributed by atoms with Crippen LogP contribution in [0, 0.1) is 6.92 Å². The largest absolute Gasteiger partial charge is 0.478 e. The van der Waals surface area contributed by atoms with Crippen molar-refractivity contribution in [2.45, 2.75) is 6.92 Å². The number of aromatic carboxylic acids is 1. The van der Waals surface area contributed by atoms with E-state index in [2.05, 4.69) is 4.90 Å². The zero-order valence-corrected chi connectivity index (χ0v) is 14.8. The summed E-state index contributed by atoms with van der Waals surface area (Å²) in [5.41, 5.74) is 4.02. The second-order valence-corrected chi connectivity index (χ2v) is 6.42. The molecule has 1 aliphatic rings. The van der Waals surface area contributed by atoms with Crippen molar-refractivity contribution in [3.05, 3.63) is 63.7 Å². The number of morpholine rings is 1. The van der Waals surface area contributed by atoms with E-state index in [1.54, 1.807) is 6.07 Å². The van der Waals surface area contributed by atoms with E-state index in [0.717, 1.165) is 35.5 Å². The first-order valence-corrected chi connectivity index (χ1v) is 8.57. The number of carboxylic acids is 1. The van der Waals surface area contributed by atoms with Gasteiger partial charge in [0.15, 0.2) is 0 Å². The van der Waals surface area contributed by atoms with Crippen LogP contribution in [0.5, 0.6) is 0 Å². The number of rotatable bonds is 4. The van der Waals surface area contributed by atoms with Gasteiger partial charge in [-0.15, -0.1) is 0 Å². The second kappa shape index (κ2) is 7.72. The molecule has 3 rings (SSSR count). The van der Waals surface area contributed by atoms with Crippen molar-refractivity contribution in [2.75, 3.05) is 31.2 Å². The third-order valence-electron chi connectivity index (χ3n) is 4.29. The number of hydrogen-bond donors (Lipinski definition) is 1. The van der Waals surface area contributed by atoms with Gasteiger partial charge < -0.3 is 14.7 Å². The second-order valence-electron chi connectivity index (χ2n) is 5.98. The Bertz CT molecular complexity index is 793. The Morgan fingerprint density at radius 3 is 2.44 bits per heavy atom. The summed E-state index contributed by atoms with van der Waals surface area (Å²) in [6.07, 6.45) is 3.80. The lowest BCUT2D eigenvalue weighted by molar-refractivity contribution is 0.0696. The van der Waals surface area contributed by atoms with Crippen molar-refractivity contribution in [2.24, 2.45) is 0 Å². The lowest BCUT2D eigenvalue weighted by Crippen LogP contribution is -2.37. The number of ether oxygens (including phenoxy) is 1. The molecular weight excluding hydrogens is 338 g/mol. The Morgan fingerprint density at radius 1 is 1.12 bits per heavy atom. The highest BCUT2D eigenvalue weighted by Crippen LogP contribution is 2.31. The van der Waals surface area contributed by atoms with Crippen LogP contribution in [0.1, 0.15) is 27.0 Å². The van der Waals surface area contributed by atoms with Gasteiger partial charge in [-0.3, -0.25) is 0 Å². The monoisotopic (exact) mass is 357 g/mol. The summed E-state index contributed by atoms with van der Waals surface area (Å²) in [6, 6.07) is 11.0. The van der Waals surface area contributed by atoms with Crippen molar-refractivity contribution in [3.63, 3.8) is 0 Å². The highest BCUT2D eigenvalue weighted by atomic mass is 35.5. The molecule has 5 heteroatoms. The summed E-state index contributed by atoms with van der Waals surface area (Å²) >= 11 is 5.92. The molecule has 0 spiro atoms. The lowest BCUT2D eigenvalue weighted by Gasteiger charge is -2.32. The Hall–Kier alpha value is -2.30. The van der Waals surface area contributed by atoms with Crippen LogP contribution in [0.15, 0.2) is 36.4 Å². The van der Waals surface area contributed by atoms with Crippen LogP contribution in [-0.4, -0.2) is 37.4 Å². The molecular formula is C20H20ClNO3. The van der Waals surface area contributed by atoms with Crippen LogP contribution in [0.3, 0.4) is 0 Å². The Labute approximate surface area is 152 Å². The van der Waals surface area contributed by atoms with Crippen LogP contribution in [0.4, 0.5) is 5.69 Å². The molecule has 0 amide bonds. The third-order valence-corrected chi connectivity index (χ3v) is 4.54. The SMILES string of the molecule is Cc1ccc(C(=O)O)c(C=Cc2ccc(Cl)cc2)c1N1CCOCC1. The summed E-state index contributed by atoms with van der Waals surface area (Å²) < 4.78 is 5.43. The van der Waals surface area contributed by atoms with E-state index < -0.39 is 5.97 Å². The predicted octanol–water partition coefficient (Wildman–Crippen LogP) is 4.35. The number of nitrogens with zero attached hydrogens (tertiary/aromatic N) is 1.